The van der Waals surface area contributed by atoms with E-state index in [1.54, 1.807) is 13.4 Å². The molecular formula is C17H27NO2. The summed E-state index contributed by atoms with van der Waals surface area (Å²) in [6.45, 7) is 6.69. The van der Waals surface area contributed by atoms with Gasteiger partial charge < -0.3 is 15.2 Å². The van der Waals surface area contributed by atoms with E-state index in [0.717, 1.165) is 12.0 Å². The molecule has 0 heterocycles. The second-order valence-corrected chi connectivity index (χ2v) is 6.07. The maximum Gasteiger partial charge on any atom is 0.0785 e. The second-order valence-electron chi connectivity index (χ2n) is 6.07. The smallest absolute Gasteiger partial charge is 0.0785 e. The minimum atomic E-state index is -0.0450. The van der Waals surface area contributed by atoms with E-state index in [2.05, 4.69) is 26.1 Å². The number of nitrogens with one attached hydrogen (secondary N) is 1. The average molecular weight is 277 g/mol. The number of ether oxygens (including phenoxy) is 1. The van der Waals surface area contributed by atoms with Crippen LogP contribution < -0.4 is 5.32 Å². The Morgan fingerprint density at radius 1 is 1.25 bits per heavy atom. The van der Waals surface area contributed by atoms with Crippen molar-refractivity contribution in [2.45, 2.75) is 39.3 Å². The second kappa shape index (κ2) is 8.08. The molecule has 2 atom stereocenters. The van der Waals surface area contributed by atoms with Crippen molar-refractivity contribution in [1.29, 1.82) is 0 Å². The van der Waals surface area contributed by atoms with Gasteiger partial charge in [-0.25, -0.2) is 0 Å². The molecule has 1 aromatic rings. The van der Waals surface area contributed by atoms with E-state index in [9.17, 15) is 5.11 Å². The minimum absolute atomic E-state index is 0.0450. The zero-order valence-electron chi connectivity index (χ0n) is 13.0. The number of aliphatic hydroxyl groups excluding tert-OH is 1. The van der Waals surface area contributed by atoms with Crippen LogP contribution in [0.2, 0.25) is 0 Å². The Hall–Kier alpha value is -1.32. The topological polar surface area (TPSA) is 41.5 Å². The van der Waals surface area contributed by atoms with Gasteiger partial charge >= 0.3 is 0 Å². The van der Waals surface area contributed by atoms with Crippen LogP contribution >= 0.6 is 0 Å². The number of aliphatic hydroxyl groups is 1. The first kappa shape index (κ1) is 16.7. The lowest BCUT2D eigenvalue weighted by Gasteiger charge is -2.34. The molecule has 3 nitrogen and oxygen atoms in total. The van der Waals surface area contributed by atoms with Gasteiger partial charge in [-0.15, -0.1) is 0 Å². The maximum atomic E-state index is 9.66. The molecule has 0 saturated carbocycles. The molecule has 0 unspecified atom stereocenters. The van der Waals surface area contributed by atoms with E-state index in [0.29, 0.717) is 0 Å². The lowest BCUT2D eigenvalue weighted by Crippen LogP contribution is -2.43. The Balaban J connectivity index is 2.79. The molecule has 0 radical (unpaired) electrons. The molecule has 0 aliphatic heterocycles. The summed E-state index contributed by atoms with van der Waals surface area (Å²) in [5.41, 5.74) is 1.21. The summed E-state index contributed by atoms with van der Waals surface area (Å²) in [6.07, 6.45) is 4.58. The zero-order chi connectivity index (χ0) is 15.0. The molecule has 20 heavy (non-hydrogen) atoms. The van der Waals surface area contributed by atoms with Crippen molar-refractivity contribution < 1.29 is 9.84 Å². The fraction of sp³-hybridized carbons (Fsp3) is 0.529. The highest BCUT2D eigenvalue weighted by molar-refractivity contribution is 5.19. The number of hydrogen-bond acceptors (Lipinski definition) is 3. The number of methoxy groups -OCH3 is 1. The predicted octanol–water partition coefficient (Wildman–Crippen LogP) is 3.27. The average Bonchev–Trinajstić information content (AvgIpc) is 2.42. The molecule has 112 valence electrons. The third-order valence-corrected chi connectivity index (χ3v) is 3.44. The summed E-state index contributed by atoms with van der Waals surface area (Å²) in [5, 5.41) is 13.2. The van der Waals surface area contributed by atoms with E-state index in [1.165, 1.54) is 0 Å². The fourth-order valence-electron chi connectivity index (χ4n) is 2.14. The van der Waals surface area contributed by atoms with Crippen LogP contribution in [0.5, 0.6) is 0 Å². The normalized spacial score (nSPS) is 15.2. The minimum Gasteiger partial charge on any atom is -0.505 e. The predicted molar refractivity (Wildman–Crippen MR) is 83.4 cm³/mol. The van der Waals surface area contributed by atoms with E-state index in [1.807, 2.05) is 36.4 Å². The van der Waals surface area contributed by atoms with Gasteiger partial charge in [0.25, 0.3) is 0 Å². The Kier molecular flexibility index (Phi) is 6.76. The van der Waals surface area contributed by atoms with Gasteiger partial charge in [-0.2, -0.15) is 0 Å². The number of hydrogen-bond donors (Lipinski definition) is 2. The van der Waals surface area contributed by atoms with Crippen molar-refractivity contribution in [3.8, 4) is 0 Å². The van der Waals surface area contributed by atoms with E-state index in [-0.39, 0.29) is 24.1 Å². The summed E-state index contributed by atoms with van der Waals surface area (Å²) in [4.78, 5) is 0. The first-order chi connectivity index (χ1) is 9.49. The lowest BCUT2D eigenvalue weighted by atomic mass is 9.84. The first-order valence-electron chi connectivity index (χ1n) is 7.08. The zero-order valence-corrected chi connectivity index (χ0v) is 13.0. The van der Waals surface area contributed by atoms with Gasteiger partial charge in [-0.3, -0.25) is 0 Å². The molecule has 0 aliphatic rings. The Morgan fingerprint density at radius 3 is 2.40 bits per heavy atom. The molecule has 0 amide bonds. The van der Waals surface area contributed by atoms with Crippen LogP contribution in [0.4, 0.5) is 0 Å². The van der Waals surface area contributed by atoms with Crippen LogP contribution in [-0.4, -0.2) is 24.9 Å². The summed E-state index contributed by atoms with van der Waals surface area (Å²) in [7, 11) is 1.65. The Morgan fingerprint density at radius 2 is 1.90 bits per heavy atom. The summed E-state index contributed by atoms with van der Waals surface area (Å²) >= 11 is 0. The van der Waals surface area contributed by atoms with Crippen molar-refractivity contribution in [3.05, 3.63) is 48.2 Å². The molecule has 0 aromatic heterocycles. The van der Waals surface area contributed by atoms with Crippen molar-refractivity contribution in [2.75, 3.05) is 13.7 Å². The maximum absolute atomic E-state index is 9.66. The van der Waals surface area contributed by atoms with Gasteiger partial charge in [0.1, 0.15) is 0 Å². The van der Waals surface area contributed by atoms with Crippen molar-refractivity contribution in [3.63, 3.8) is 0 Å². The van der Waals surface area contributed by atoms with Gasteiger partial charge in [0.15, 0.2) is 0 Å². The standard InChI is InChI=1S/C17H27NO2/c1-17(2,3)16(11-8-12-20-4)18-15(13-19)14-9-6-5-7-10-14/h5-10,12,15-16,18-19H,11,13H2,1-4H3/b12-8-/t15-,16+/m1/s1. The molecule has 0 saturated heterocycles. The summed E-state index contributed by atoms with van der Waals surface area (Å²) < 4.78 is 4.96. The molecule has 0 fully saturated rings. The van der Waals surface area contributed by atoms with Crippen LogP contribution in [0, 0.1) is 5.41 Å². The summed E-state index contributed by atoms with van der Waals surface area (Å²) in [6, 6.07) is 10.3. The van der Waals surface area contributed by atoms with Gasteiger partial charge in [0.05, 0.1) is 26.0 Å². The van der Waals surface area contributed by atoms with Crippen molar-refractivity contribution >= 4 is 0 Å². The fourth-order valence-corrected chi connectivity index (χ4v) is 2.14. The molecule has 1 aromatic carbocycles. The summed E-state index contributed by atoms with van der Waals surface area (Å²) in [5.74, 6) is 0. The molecule has 1 rings (SSSR count). The van der Waals surface area contributed by atoms with E-state index >= 15 is 0 Å². The van der Waals surface area contributed by atoms with Gasteiger partial charge in [0.2, 0.25) is 0 Å². The van der Waals surface area contributed by atoms with Crippen molar-refractivity contribution in [1.82, 2.24) is 5.32 Å². The highest BCUT2D eigenvalue weighted by Crippen LogP contribution is 2.25. The van der Waals surface area contributed by atoms with E-state index < -0.39 is 0 Å². The van der Waals surface area contributed by atoms with Crippen LogP contribution in [0.1, 0.15) is 38.8 Å². The highest BCUT2D eigenvalue weighted by Gasteiger charge is 2.26. The van der Waals surface area contributed by atoms with Gasteiger partial charge in [0, 0.05) is 6.04 Å². The first-order valence-corrected chi connectivity index (χ1v) is 7.08. The number of benzene rings is 1. The Labute approximate surface area is 122 Å². The third-order valence-electron chi connectivity index (χ3n) is 3.44. The lowest BCUT2D eigenvalue weighted by molar-refractivity contribution is 0.190. The SMILES string of the molecule is CO/C=C\C[C@H](N[C@H](CO)c1ccccc1)C(C)(C)C. The van der Waals surface area contributed by atoms with Crippen LogP contribution in [-0.2, 0) is 4.74 Å². The third kappa shape index (κ3) is 5.35. The van der Waals surface area contributed by atoms with Crippen LogP contribution in [0.3, 0.4) is 0 Å². The highest BCUT2D eigenvalue weighted by atomic mass is 16.5. The number of rotatable bonds is 7. The molecule has 3 heteroatoms. The Bertz CT molecular complexity index is 395. The van der Waals surface area contributed by atoms with Crippen LogP contribution in [0.25, 0.3) is 0 Å². The van der Waals surface area contributed by atoms with Crippen LogP contribution in [0.15, 0.2) is 42.7 Å². The molecular weight excluding hydrogens is 250 g/mol. The quantitative estimate of drug-likeness (QED) is 0.752. The monoisotopic (exact) mass is 277 g/mol. The van der Waals surface area contributed by atoms with Gasteiger partial charge in [-0.1, -0.05) is 51.1 Å². The van der Waals surface area contributed by atoms with Gasteiger partial charge in [-0.05, 0) is 23.5 Å². The van der Waals surface area contributed by atoms with Crippen molar-refractivity contribution in [2.24, 2.45) is 5.41 Å². The largest absolute Gasteiger partial charge is 0.505 e. The molecule has 0 bridgehead atoms. The van der Waals surface area contributed by atoms with E-state index in [4.69, 9.17) is 4.74 Å². The molecule has 0 spiro atoms. The molecule has 2 N–H and O–H groups in total. The molecule has 0 aliphatic carbocycles.